The van der Waals surface area contributed by atoms with Gasteiger partial charge in [-0.1, -0.05) is 11.6 Å². The molecule has 29 heavy (non-hydrogen) atoms. The lowest BCUT2D eigenvalue weighted by Crippen LogP contribution is -2.11. The average molecular weight is 413 g/mol. The Morgan fingerprint density at radius 3 is 2.66 bits per heavy atom. The minimum absolute atomic E-state index is 0.151. The molecule has 4 aromatic rings. The van der Waals surface area contributed by atoms with Crippen LogP contribution in [0, 0.1) is 5.82 Å². The molecule has 2 aromatic heterocycles. The van der Waals surface area contributed by atoms with Crippen LogP contribution in [0.2, 0.25) is 5.02 Å². The zero-order valence-corrected chi connectivity index (χ0v) is 16.6. The van der Waals surface area contributed by atoms with E-state index in [9.17, 15) is 9.50 Å². The van der Waals surface area contributed by atoms with E-state index in [1.165, 1.54) is 19.2 Å². The molecule has 1 unspecified atom stereocenters. The molecule has 0 amide bonds. The van der Waals surface area contributed by atoms with Crippen molar-refractivity contribution in [2.24, 2.45) is 0 Å². The van der Waals surface area contributed by atoms with E-state index >= 15 is 0 Å². The highest BCUT2D eigenvalue weighted by molar-refractivity contribution is 6.31. The van der Waals surface area contributed by atoms with Gasteiger partial charge in [0.2, 0.25) is 0 Å². The van der Waals surface area contributed by atoms with Crippen LogP contribution in [-0.2, 0) is 6.61 Å². The van der Waals surface area contributed by atoms with E-state index in [1.54, 1.807) is 41.5 Å². The molecule has 1 N–H and O–H groups in total. The minimum Gasteiger partial charge on any atom is -0.497 e. The van der Waals surface area contributed by atoms with Crippen molar-refractivity contribution in [3.8, 4) is 17.0 Å². The number of hydrogen-bond acceptors (Lipinski definition) is 5. The van der Waals surface area contributed by atoms with E-state index < -0.39 is 5.82 Å². The standard InChI is InChI=1S/C21H18ClFN4O2/c1-12(27-21-14(8-26-27)3-16(22)4-15(21)11-28)19-9-25-20(10-24-19)13-5-17(23)7-18(6-13)29-2/h3-10,12,28H,11H2,1-2H3. The number of aromatic nitrogens is 4. The van der Waals surface area contributed by atoms with Crippen molar-refractivity contribution in [2.75, 3.05) is 7.11 Å². The van der Waals surface area contributed by atoms with Gasteiger partial charge in [-0.25, -0.2) is 4.39 Å². The van der Waals surface area contributed by atoms with Crippen molar-refractivity contribution in [3.63, 3.8) is 0 Å². The molecule has 2 heterocycles. The van der Waals surface area contributed by atoms with E-state index in [0.717, 1.165) is 10.9 Å². The van der Waals surface area contributed by atoms with Crippen LogP contribution in [0.25, 0.3) is 22.2 Å². The second-order valence-corrected chi connectivity index (χ2v) is 7.07. The van der Waals surface area contributed by atoms with Gasteiger partial charge in [0.05, 0.1) is 55.3 Å². The quantitative estimate of drug-likeness (QED) is 0.526. The summed E-state index contributed by atoms with van der Waals surface area (Å²) < 4.78 is 20.7. The lowest BCUT2D eigenvalue weighted by Gasteiger charge is -2.15. The molecule has 8 heteroatoms. The summed E-state index contributed by atoms with van der Waals surface area (Å²) in [6.07, 6.45) is 4.94. The lowest BCUT2D eigenvalue weighted by atomic mass is 10.1. The van der Waals surface area contributed by atoms with Crippen LogP contribution in [0.4, 0.5) is 4.39 Å². The highest BCUT2D eigenvalue weighted by Gasteiger charge is 2.17. The topological polar surface area (TPSA) is 73.1 Å². The van der Waals surface area contributed by atoms with E-state index in [1.807, 2.05) is 6.92 Å². The van der Waals surface area contributed by atoms with Crippen LogP contribution in [-0.4, -0.2) is 32.0 Å². The third kappa shape index (κ3) is 3.66. The van der Waals surface area contributed by atoms with Crippen molar-refractivity contribution in [1.29, 1.82) is 0 Å². The van der Waals surface area contributed by atoms with Gasteiger partial charge in [-0.05, 0) is 31.2 Å². The SMILES string of the molecule is COc1cc(F)cc(-c2cnc(C(C)n3ncc4cc(Cl)cc(CO)c43)cn2)c1. The van der Waals surface area contributed by atoms with Crippen LogP contribution in [0.3, 0.4) is 0 Å². The molecule has 0 fully saturated rings. The van der Waals surface area contributed by atoms with Gasteiger partial charge in [0, 0.05) is 27.6 Å². The van der Waals surface area contributed by atoms with Gasteiger partial charge in [-0.15, -0.1) is 0 Å². The molecule has 4 rings (SSSR count). The molecule has 0 radical (unpaired) electrons. The van der Waals surface area contributed by atoms with Gasteiger partial charge in [-0.2, -0.15) is 5.10 Å². The van der Waals surface area contributed by atoms with E-state index in [-0.39, 0.29) is 12.6 Å². The smallest absolute Gasteiger partial charge is 0.127 e. The number of aliphatic hydroxyl groups is 1. The predicted octanol–water partition coefficient (Wildman–Crippen LogP) is 4.40. The molecule has 0 saturated carbocycles. The van der Waals surface area contributed by atoms with Gasteiger partial charge in [0.1, 0.15) is 11.6 Å². The number of fused-ring (bicyclic) bond motifs is 1. The molecule has 0 aliphatic carbocycles. The number of halogens is 2. The maximum Gasteiger partial charge on any atom is 0.127 e. The Morgan fingerprint density at radius 1 is 1.14 bits per heavy atom. The fraction of sp³-hybridized carbons (Fsp3) is 0.190. The Hall–Kier alpha value is -3.03. The maximum absolute atomic E-state index is 13.8. The Bertz CT molecular complexity index is 1180. The molecule has 2 aromatic carbocycles. The van der Waals surface area contributed by atoms with Gasteiger partial charge in [-0.3, -0.25) is 14.6 Å². The summed E-state index contributed by atoms with van der Waals surface area (Å²) in [5.41, 5.74) is 3.28. The van der Waals surface area contributed by atoms with Crippen molar-refractivity contribution >= 4 is 22.5 Å². The zero-order chi connectivity index (χ0) is 20.5. The Balaban J connectivity index is 1.70. The van der Waals surface area contributed by atoms with Gasteiger partial charge >= 0.3 is 0 Å². The monoisotopic (exact) mass is 412 g/mol. The normalized spacial score (nSPS) is 12.3. The summed E-state index contributed by atoms with van der Waals surface area (Å²) in [6.45, 7) is 1.79. The highest BCUT2D eigenvalue weighted by Crippen LogP contribution is 2.29. The Kier molecular flexibility index (Phi) is 5.17. The molecule has 148 valence electrons. The first kappa shape index (κ1) is 19.3. The van der Waals surface area contributed by atoms with Crippen LogP contribution < -0.4 is 4.74 Å². The molecule has 0 bridgehead atoms. The van der Waals surface area contributed by atoms with Crippen LogP contribution in [0.15, 0.2) is 48.9 Å². The zero-order valence-electron chi connectivity index (χ0n) is 15.8. The van der Waals surface area contributed by atoms with Crippen LogP contribution in [0.1, 0.15) is 24.2 Å². The molecule has 0 saturated heterocycles. The number of ether oxygens (including phenoxy) is 1. The summed E-state index contributed by atoms with van der Waals surface area (Å²) >= 11 is 6.11. The van der Waals surface area contributed by atoms with Crippen molar-refractivity contribution in [1.82, 2.24) is 19.7 Å². The first-order valence-electron chi connectivity index (χ1n) is 8.93. The molecular formula is C21H18ClFN4O2. The number of nitrogens with zero attached hydrogens (tertiary/aromatic N) is 4. The third-order valence-electron chi connectivity index (χ3n) is 4.77. The summed E-state index contributed by atoms with van der Waals surface area (Å²) in [7, 11) is 1.48. The maximum atomic E-state index is 13.8. The number of methoxy groups -OCH3 is 1. The first-order valence-corrected chi connectivity index (χ1v) is 9.31. The summed E-state index contributed by atoms with van der Waals surface area (Å²) in [5, 5.41) is 15.5. The molecular weight excluding hydrogens is 395 g/mol. The van der Waals surface area contributed by atoms with E-state index in [2.05, 4.69) is 15.1 Å². The van der Waals surface area contributed by atoms with Gasteiger partial charge in [0.25, 0.3) is 0 Å². The predicted molar refractivity (Wildman–Crippen MR) is 108 cm³/mol. The minimum atomic E-state index is -0.406. The number of aliphatic hydroxyl groups excluding tert-OH is 1. The van der Waals surface area contributed by atoms with Crippen molar-refractivity contribution in [3.05, 3.63) is 71.0 Å². The number of hydrogen-bond donors (Lipinski definition) is 1. The van der Waals surface area contributed by atoms with Crippen molar-refractivity contribution < 1.29 is 14.2 Å². The molecule has 0 aliphatic heterocycles. The summed E-state index contributed by atoms with van der Waals surface area (Å²) in [5.74, 6) is 0.00856. The van der Waals surface area contributed by atoms with Crippen LogP contribution >= 0.6 is 11.6 Å². The second-order valence-electron chi connectivity index (χ2n) is 6.63. The molecule has 1 atom stereocenters. The fourth-order valence-electron chi connectivity index (χ4n) is 3.31. The Morgan fingerprint density at radius 2 is 1.97 bits per heavy atom. The average Bonchev–Trinajstić information content (AvgIpc) is 3.16. The number of rotatable bonds is 5. The molecule has 6 nitrogen and oxygen atoms in total. The molecule has 0 spiro atoms. The number of benzene rings is 2. The van der Waals surface area contributed by atoms with Gasteiger partial charge < -0.3 is 9.84 Å². The highest BCUT2D eigenvalue weighted by atomic mass is 35.5. The summed E-state index contributed by atoms with van der Waals surface area (Å²) in [6, 6.07) is 7.69. The van der Waals surface area contributed by atoms with E-state index in [4.69, 9.17) is 16.3 Å². The molecule has 0 aliphatic rings. The lowest BCUT2D eigenvalue weighted by molar-refractivity contribution is 0.282. The second kappa shape index (κ2) is 7.77. The Labute approximate surface area is 171 Å². The third-order valence-corrected chi connectivity index (χ3v) is 4.99. The summed E-state index contributed by atoms with van der Waals surface area (Å²) in [4.78, 5) is 8.94. The van der Waals surface area contributed by atoms with E-state index in [0.29, 0.717) is 33.3 Å². The first-order chi connectivity index (χ1) is 14.0. The van der Waals surface area contributed by atoms with Gasteiger partial charge in [0.15, 0.2) is 0 Å². The fourth-order valence-corrected chi connectivity index (χ4v) is 3.56. The largest absolute Gasteiger partial charge is 0.497 e. The van der Waals surface area contributed by atoms with Crippen LogP contribution in [0.5, 0.6) is 5.75 Å². The van der Waals surface area contributed by atoms with Crippen molar-refractivity contribution in [2.45, 2.75) is 19.6 Å².